The molecule has 0 saturated heterocycles. The van der Waals surface area contributed by atoms with E-state index < -0.39 is 0 Å². The van der Waals surface area contributed by atoms with Gasteiger partial charge in [0.15, 0.2) is 5.96 Å². The summed E-state index contributed by atoms with van der Waals surface area (Å²) < 4.78 is 0. The maximum absolute atomic E-state index is 6.17. The van der Waals surface area contributed by atoms with Gasteiger partial charge in [0.05, 0.1) is 0 Å². The predicted molar refractivity (Wildman–Crippen MR) is 100 cm³/mol. The van der Waals surface area contributed by atoms with Crippen LogP contribution in [0.5, 0.6) is 0 Å². The molecule has 0 aromatic rings. The number of rotatable bonds is 15. The van der Waals surface area contributed by atoms with Crippen LogP contribution >= 0.6 is 0 Å². The summed E-state index contributed by atoms with van der Waals surface area (Å²) in [6, 6.07) is 0. The fourth-order valence-electron chi connectivity index (χ4n) is 2.58. The van der Waals surface area contributed by atoms with E-state index in [4.69, 9.17) is 5.73 Å². The van der Waals surface area contributed by atoms with Gasteiger partial charge in [0, 0.05) is 19.6 Å². The molecule has 0 bridgehead atoms. The highest BCUT2D eigenvalue weighted by Crippen LogP contribution is 2.09. The average molecular weight is 312 g/mol. The quantitative estimate of drug-likeness (QED) is 0.252. The van der Waals surface area contributed by atoms with Crippen molar-refractivity contribution in [1.82, 2.24) is 4.90 Å². The molecule has 0 atom stereocenters. The van der Waals surface area contributed by atoms with Crippen LogP contribution in [-0.2, 0) is 0 Å². The minimum Gasteiger partial charge on any atom is -0.370 e. The number of unbranched alkanes of at least 4 members (excludes halogenated alkanes) is 9. The highest BCUT2D eigenvalue weighted by molar-refractivity contribution is 5.78. The maximum atomic E-state index is 6.17. The molecule has 0 saturated carbocycles. The molecule has 3 heteroatoms. The summed E-state index contributed by atoms with van der Waals surface area (Å²) >= 11 is 0. The van der Waals surface area contributed by atoms with Crippen molar-refractivity contribution in [1.29, 1.82) is 0 Å². The molecule has 2 N–H and O–H groups in total. The molecular weight excluding hydrogens is 270 g/mol. The van der Waals surface area contributed by atoms with Gasteiger partial charge in [-0.3, -0.25) is 4.99 Å². The van der Waals surface area contributed by atoms with Gasteiger partial charge in [0.1, 0.15) is 0 Å². The van der Waals surface area contributed by atoms with Crippen LogP contribution < -0.4 is 5.73 Å². The Bertz CT molecular complexity index is 251. The lowest BCUT2D eigenvalue weighted by Crippen LogP contribution is -2.39. The third-order valence-electron chi connectivity index (χ3n) is 4.17. The van der Waals surface area contributed by atoms with Gasteiger partial charge in [-0.25, -0.2) is 0 Å². The Morgan fingerprint density at radius 2 is 1.18 bits per heavy atom. The molecule has 0 radical (unpaired) electrons. The second kappa shape index (κ2) is 16.6. The number of hydrogen-bond donors (Lipinski definition) is 1. The molecule has 0 rings (SSSR count). The highest BCUT2D eigenvalue weighted by atomic mass is 15.2. The molecule has 0 amide bonds. The number of nitrogens with two attached hydrogens (primary N) is 1. The molecule has 132 valence electrons. The Labute approximate surface area is 139 Å². The molecule has 3 nitrogen and oxygen atoms in total. The van der Waals surface area contributed by atoms with E-state index in [2.05, 4.69) is 30.7 Å². The largest absolute Gasteiger partial charge is 0.370 e. The first-order valence-corrected chi connectivity index (χ1v) is 9.81. The summed E-state index contributed by atoms with van der Waals surface area (Å²) in [6.45, 7) is 9.73. The Kier molecular flexibility index (Phi) is 16.1. The Hall–Kier alpha value is -0.730. The van der Waals surface area contributed by atoms with Crippen LogP contribution in [0.4, 0.5) is 0 Å². The number of nitrogens with zero attached hydrogens (tertiary/aromatic N) is 2. The standard InChI is InChI=1S/C19H41N3/c1-4-7-10-11-12-13-14-15-18-22(17-9-6-3)19(20)21-16-8-5-2/h4-18H2,1-3H3,(H2,20,21). The predicted octanol–water partition coefficient (Wildman–Crippen LogP) is 5.34. The third-order valence-corrected chi connectivity index (χ3v) is 4.17. The van der Waals surface area contributed by atoms with Crippen molar-refractivity contribution >= 4 is 5.96 Å². The summed E-state index contributed by atoms with van der Waals surface area (Å²) in [6.07, 6.45) is 15.7. The van der Waals surface area contributed by atoms with E-state index in [1.54, 1.807) is 0 Å². The third kappa shape index (κ3) is 13.0. The van der Waals surface area contributed by atoms with Crippen molar-refractivity contribution < 1.29 is 0 Å². The smallest absolute Gasteiger partial charge is 0.191 e. The van der Waals surface area contributed by atoms with E-state index >= 15 is 0 Å². The Balaban J connectivity index is 3.86. The summed E-state index contributed by atoms with van der Waals surface area (Å²) in [5.74, 6) is 0.768. The average Bonchev–Trinajstić information content (AvgIpc) is 2.52. The van der Waals surface area contributed by atoms with Gasteiger partial charge in [0.25, 0.3) is 0 Å². The minimum atomic E-state index is 0.768. The van der Waals surface area contributed by atoms with Gasteiger partial charge < -0.3 is 10.6 Å². The van der Waals surface area contributed by atoms with Gasteiger partial charge in [-0.05, 0) is 19.3 Å². The van der Waals surface area contributed by atoms with Crippen LogP contribution in [0.3, 0.4) is 0 Å². The molecule has 0 aromatic heterocycles. The van der Waals surface area contributed by atoms with Crippen LogP contribution in [0, 0.1) is 0 Å². The highest BCUT2D eigenvalue weighted by Gasteiger charge is 2.06. The van der Waals surface area contributed by atoms with Crippen LogP contribution in [0.2, 0.25) is 0 Å². The fourth-order valence-corrected chi connectivity index (χ4v) is 2.58. The van der Waals surface area contributed by atoms with Gasteiger partial charge in [-0.15, -0.1) is 0 Å². The zero-order valence-corrected chi connectivity index (χ0v) is 15.6. The van der Waals surface area contributed by atoms with Crippen molar-refractivity contribution in [2.24, 2.45) is 10.7 Å². The molecule has 0 fully saturated rings. The first-order chi connectivity index (χ1) is 10.8. The molecule has 0 aromatic carbocycles. The minimum absolute atomic E-state index is 0.768. The molecular formula is C19H41N3. The summed E-state index contributed by atoms with van der Waals surface area (Å²) in [4.78, 5) is 6.84. The van der Waals surface area contributed by atoms with Crippen LogP contribution in [0.1, 0.15) is 97.8 Å². The van der Waals surface area contributed by atoms with Crippen molar-refractivity contribution in [3.63, 3.8) is 0 Å². The zero-order chi connectivity index (χ0) is 16.5. The van der Waals surface area contributed by atoms with Crippen molar-refractivity contribution in [2.45, 2.75) is 97.8 Å². The maximum Gasteiger partial charge on any atom is 0.191 e. The van der Waals surface area contributed by atoms with Gasteiger partial charge in [-0.1, -0.05) is 78.6 Å². The van der Waals surface area contributed by atoms with Crippen LogP contribution in [0.25, 0.3) is 0 Å². The number of guanidine groups is 1. The molecule has 0 heterocycles. The van der Waals surface area contributed by atoms with Crippen LogP contribution in [0.15, 0.2) is 4.99 Å². The normalized spacial score (nSPS) is 11.9. The fraction of sp³-hybridized carbons (Fsp3) is 0.947. The van der Waals surface area contributed by atoms with E-state index in [-0.39, 0.29) is 0 Å². The molecule has 22 heavy (non-hydrogen) atoms. The van der Waals surface area contributed by atoms with E-state index in [9.17, 15) is 0 Å². The number of hydrogen-bond acceptors (Lipinski definition) is 1. The molecule has 0 spiro atoms. The second-order valence-corrected chi connectivity index (χ2v) is 6.41. The van der Waals surface area contributed by atoms with E-state index in [0.717, 1.165) is 32.0 Å². The lowest BCUT2D eigenvalue weighted by atomic mass is 10.1. The van der Waals surface area contributed by atoms with Gasteiger partial charge in [0.2, 0.25) is 0 Å². The topological polar surface area (TPSA) is 41.6 Å². The Morgan fingerprint density at radius 3 is 1.77 bits per heavy atom. The SMILES string of the molecule is CCCCCCCCCCN(CCCC)C(N)=NCCCC. The number of aliphatic imine (C=N–C) groups is 1. The lowest BCUT2D eigenvalue weighted by Gasteiger charge is -2.23. The first-order valence-electron chi connectivity index (χ1n) is 9.81. The monoisotopic (exact) mass is 311 g/mol. The molecule has 0 aliphatic rings. The first kappa shape index (κ1) is 21.3. The molecule has 0 unspecified atom stereocenters. The Morgan fingerprint density at radius 1 is 0.682 bits per heavy atom. The molecule has 0 aliphatic carbocycles. The molecule has 0 aliphatic heterocycles. The summed E-state index contributed by atoms with van der Waals surface area (Å²) in [5, 5.41) is 0. The van der Waals surface area contributed by atoms with Gasteiger partial charge in [-0.2, -0.15) is 0 Å². The van der Waals surface area contributed by atoms with Gasteiger partial charge >= 0.3 is 0 Å². The van der Waals surface area contributed by atoms with Crippen LogP contribution in [-0.4, -0.2) is 30.5 Å². The van der Waals surface area contributed by atoms with E-state index in [1.807, 2.05) is 0 Å². The lowest BCUT2D eigenvalue weighted by molar-refractivity contribution is 0.385. The van der Waals surface area contributed by atoms with E-state index in [0.29, 0.717) is 0 Å². The van der Waals surface area contributed by atoms with Crippen molar-refractivity contribution in [3.8, 4) is 0 Å². The summed E-state index contributed by atoms with van der Waals surface area (Å²) in [5.41, 5.74) is 6.17. The van der Waals surface area contributed by atoms with Crippen molar-refractivity contribution in [2.75, 3.05) is 19.6 Å². The summed E-state index contributed by atoms with van der Waals surface area (Å²) in [7, 11) is 0. The zero-order valence-electron chi connectivity index (χ0n) is 15.6. The second-order valence-electron chi connectivity index (χ2n) is 6.41. The van der Waals surface area contributed by atoms with Crippen molar-refractivity contribution in [3.05, 3.63) is 0 Å². The van der Waals surface area contributed by atoms with E-state index in [1.165, 1.54) is 70.6 Å².